The van der Waals surface area contributed by atoms with E-state index in [1.54, 1.807) is 0 Å². The summed E-state index contributed by atoms with van der Waals surface area (Å²) < 4.78 is 5.48. The molecule has 2 rings (SSSR count). The topological polar surface area (TPSA) is 12.5 Å². The van der Waals surface area contributed by atoms with Crippen molar-refractivity contribution in [1.82, 2.24) is 0 Å². The number of nitrogens with zero attached hydrogens (tertiary/aromatic N) is 1. The minimum absolute atomic E-state index is 0.556. The molecule has 0 saturated carbocycles. The minimum Gasteiger partial charge on any atom is -0.378 e. The van der Waals surface area contributed by atoms with Gasteiger partial charge in [0.25, 0.3) is 0 Å². The molecule has 0 heterocycles. The van der Waals surface area contributed by atoms with Crippen LogP contribution in [0.5, 0.6) is 0 Å². The molecule has 2 aromatic carbocycles. The van der Waals surface area contributed by atoms with Gasteiger partial charge in [0.1, 0.15) is 0 Å². The van der Waals surface area contributed by atoms with E-state index in [1.165, 1.54) is 16.5 Å². The van der Waals surface area contributed by atoms with Crippen LogP contribution in [-0.4, -0.2) is 32.2 Å². The highest BCUT2D eigenvalue weighted by Gasteiger charge is 2.07. The molecular formula is C16H20ClNO. The van der Waals surface area contributed by atoms with Gasteiger partial charge >= 0.3 is 0 Å². The molecule has 0 N–H and O–H groups in total. The Labute approximate surface area is 119 Å². The largest absolute Gasteiger partial charge is 0.378 e. The third kappa shape index (κ3) is 3.62. The Kier molecular flexibility index (Phi) is 5.49. The average molecular weight is 278 g/mol. The second-order valence-electron chi connectivity index (χ2n) is 4.38. The molecule has 0 bridgehead atoms. The van der Waals surface area contributed by atoms with Crippen LogP contribution in [-0.2, 0) is 4.74 Å². The molecule has 102 valence electrons. The third-order valence-corrected chi connectivity index (χ3v) is 3.37. The summed E-state index contributed by atoms with van der Waals surface area (Å²) >= 11 is 5.61. The number of halogens is 1. The predicted octanol–water partition coefficient (Wildman–Crippen LogP) is 3.92. The molecule has 2 aromatic rings. The number of alkyl halides is 1. The second-order valence-corrected chi connectivity index (χ2v) is 4.76. The van der Waals surface area contributed by atoms with Crippen LogP contribution in [0.15, 0.2) is 42.5 Å². The van der Waals surface area contributed by atoms with Gasteiger partial charge in [-0.3, -0.25) is 0 Å². The molecule has 0 atom stereocenters. The van der Waals surface area contributed by atoms with Gasteiger partial charge in [0.2, 0.25) is 0 Å². The van der Waals surface area contributed by atoms with Crippen molar-refractivity contribution in [3.63, 3.8) is 0 Å². The Morgan fingerprint density at radius 1 is 1.05 bits per heavy atom. The van der Waals surface area contributed by atoms with Crippen molar-refractivity contribution in [2.45, 2.75) is 6.92 Å². The first kappa shape index (κ1) is 14.2. The fourth-order valence-corrected chi connectivity index (χ4v) is 2.37. The number of hydrogen-bond donors (Lipinski definition) is 0. The predicted molar refractivity (Wildman–Crippen MR) is 83.4 cm³/mol. The van der Waals surface area contributed by atoms with Crippen molar-refractivity contribution < 1.29 is 4.74 Å². The number of rotatable bonds is 7. The Bertz CT molecular complexity index is 510. The van der Waals surface area contributed by atoms with Crippen LogP contribution in [0.1, 0.15) is 6.92 Å². The first-order valence-corrected chi connectivity index (χ1v) is 7.26. The van der Waals surface area contributed by atoms with Crippen LogP contribution in [0.25, 0.3) is 10.8 Å². The lowest BCUT2D eigenvalue weighted by Gasteiger charge is -2.24. The monoisotopic (exact) mass is 277 g/mol. The van der Waals surface area contributed by atoms with E-state index in [4.69, 9.17) is 16.3 Å². The lowest BCUT2D eigenvalue weighted by atomic mass is 10.1. The molecule has 0 spiro atoms. The smallest absolute Gasteiger partial charge is 0.0642 e. The van der Waals surface area contributed by atoms with Crippen LogP contribution >= 0.6 is 11.6 Å². The number of ether oxygens (including phenoxy) is 1. The molecule has 0 aliphatic heterocycles. The molecule has 0 amide bonds. The highest BCUT2D eigenvalue weighted by molar-refractivity contribution is 6.17. The normalized spacial score (nSPS) is 10.8. The van der Waals surface area contributed by atoms with Gasteiger partial charge in [-0.1, -0.05) is 36.4 Å². The molecular weight excluding hydrogens is 258 g/mol. The maximum atomic E-state index is 5.61. The fraction of sp³-hybridized carbons (Fsp3) is 0.375. The molecule has 0 aliphatic rings. The average Bonchev–Trinajstić information content (AvgIpc) is 2.47. The lowest BCUT2D eigenvalue weighted by Crippen LogP contribution is -2.27. The molecule has 0 unspecified atom stereocenters. The molecule has 3 heteroatoms. The van der Waals surface area contributed by atoms with E-state index < -0.39 is 0 Å². The van der Waals surface area contributed by atoms with E-state index in [0.29, 0.717) is 19.1 Å². The summed E-state index contributed by atoms with van der Waals surface area (Å²) in [7, 11) is 0. The molecule has 0 fully saturated rings. The van der Waals surface area contributed by atoms with Gasteiger partial charge in [0, 0.05) is 30.0 Å². The number of anilines is 1. The summed E-state index contributed by atoms with van der Waals surface area (Å²) in [6.07, 6.45) is 0. The van der Waals surface area contributed by atoms with E-state index in [9.17, 15) is 0 Å². The van der Waals surface area contributed by atoms with E-state index in [1.807, 2.05) is 0 Å². The van der Waals surface area contributed by atoms with Crippen LogP contribution in [0.4, 0.5) is 5.69 Å². The summed E-state index contributed by atoms with van der Waals surface area (Å²) in [4.78, 5) is 2.34. The quantitative estimate of drug-likeness (QED) is 0.562. The summed E-state index contributed by atoms with van der Waals surface area (Å²) in [6.45, 7) is 5.36. The fourth-order valence-electron chi connectivity index (χ4n) is 2.26. The molecule has 19 heavy (non-hydrogen) atoms. The molecule has 2 nitrogen and oxygen atoms in total. The number of likely N-dealkylation sites (N-methyl/N-ethyl adjacent to an activating group) is 1. The summed E-state index contributed by atoms with van der Waals surface area (Å²) in [6, 6.07) is 14.9. The maximum Gasteiger partial charge on any atom is 0.0642 e. The lowest BCUT2D eigenvalue weighted by molar-refractivity contribution is 0.156. The van der Waals surface area contributed by atoms with Gasteiger partial charge in [0.15, 0.2) is 0 Å². The van der Waals surface area contributed by atoms with Gasteiger partial charge in [-0.05, 0) is 18.4 Å². The zero-order chi connectivity index (χ0) is 13.5. The van der Waals surface area contributed by atoms with Gasteiger partial charge in [-0.25, -0.2) is 0 Å². The maximum absolute atomic E-state index is 5.61. The number of hydrogen-bond acceptors (Lipinski definition) is 2. The van der Waals surface area contributed by atoms with Gasteiger partial charge in [0.05, 0.1) is 13.2 Å². The Balaban J connectivity index is 2.16. The molecule has 0 saturated heterocycles. The highest BCUT2D eigenvalue weighted by Crippen LogP contribution is 2.26. The van der Waals surface area contributed by atoms with Crippen molar-refractivity contribution in [1.29, 1.82) is 0 Å². The number of fused-ring (bicyclic) bond motifs is 1. The van der Waals surface area contributed by atoms with Crippen molar-refractivity contribution in [2.24, 2.45) is 0 Å². The van der Waals surface area contributed by atoms with Gasteiger partial charge in [-0.2, -0.15) is 0 Å². The van der Waals surface area contributed by atoms with Crippen LogP contribution in [0.3, 0.4) is 0 Å². The summed E-state index contributed by atoms with van der Waals surface area (Å²) in [5.74, 6) is 0.556. The Hall–Kier alpha value is -1.25. The molecule has 0 radical (unpaired) electrons. The van der Waals surface area contributed by atoms with E-state index in [0.717, 1.165) is 13.1 Å². The standard InChI is InChI=1S/C16H20ClNO/c1-2-18(11-13-19-12-10-17)16-9-5-7-14-6-3-4-8-15(14)16/h3-9H,2,10-13H2,1H3. The van der Waals surface area contributed by atoms with Crippen LogP contribution in [0, 0.1) is 0 Å². The zero-order valence-corrected chi connectivity index (χ0v) is 12.1. The van der Waals surface area contributed by atoms with Gasteiger partial charge < -0.3 is 9.64 Å². The van der Waals surface area contributed by atoms with Crippen molar-refractivity contribution in [2.75, 3.05) is 37.1 Å². The van der Waals surface area contributed by atoms with Crippen LogP contribution < -0.4 is 4.90 Å². The molecule has 0 aromatic heterocycles. The SMILES string of the molecule is CCN(CCOCCCl)c1cccc2ccccc12. The molecule has 0 aliphatic carbocycles. The second kappa shape index (κ2) is 7.37. The number of benzene rings is 2. The van der Waals surface area contributed by atoms with Crippen molar-refractivity contribution in [3.05, 3.63) is 42.5 Å². The van der Waals surface area contributed by atoms with Crippen molar-refractivity contribution >= 4 is 28.1 Å². The highest BCUT2D eigenvalue weighted by atomic mass is 35.5. The van der Waals surface area contributed by atoms with E-state index in [-0.39, 0.29) is 0 Å². The third-order valence-electron chi connectivity index (χ3n) is 3.22. The van der Waals surface area contributed by atoms with E-state index in [2.05, 4.69) is 54.3 Å². The summed E-state index contributed by atoms with van der Waals surface area (Å²) in [5.41, 5.74) is 1.27. The van der Waals surface area contributed by atoms with Crippen molar-refractivity contribution in [3.8, 4) is 0 Å². The summed E-state index contributed by atoms with van der Waals surface area (Å²) in [5, 5.41) is 2.57. The minimum atomic E-state index is 0.556. The Morgan fingerprint density at radius 2 is 1.84 bits per heavy atom. The Morgan fingerprint density at radius 3 is 2.63 bits per heavy atom. The van der Waals surface area contributed by atoms with Crippen LogP contribution in [0.2, 0.25) is 0 Å². The van der Waals surface area contributed by atoms with Gasteiger partial charge in [-0.15, -0.1) is 11.6 Å². The zero-order valence-electron chi connectivity index (χ0n) is 11.3. The first-order valence-electron chi connectivity index (χ1n) is 6.73. The van der Waals surface area contributed by atoms with E-state index >= 15 is 0 Å². The first-order chi connectivity index (χ1) is 9.36.